The molecule has 2 aromatic heterocycles. The van der Waals surface area contributed by atoms with E-state index < -0.39 is 0 Å². The first-order valence-electron chi connectivity index (χ1n) is 3.25. The van der Waals surface area contributed by atoms with E-state index in [1.54, 1.807) is 6.07 Å². The third-order valence-corrected chi connectivity index (χ3v) is 2.35. The second kappa shape index (κ2) is 2.49. The average molecular weight is 182 g/mol. The van der Waals surface area contributed by atoms with E-state index in [0.29, 0.717) is 11.5 Å². The van der Waals surface area contributed by atoms with E-state index in [1.807, 2.05) is 5.38 Å². The average Bonchev–Trinajstić information content (AvgIpc) is 2.58. The van der Waals surface area contributed by atoms with Gasteiger partial charge in [0, 0.05) is 0 Å². The Bertz CT molecular complexity index is 440. The molecule has 2 heterocycles. The monoisotopic (exact) mass is 182 g/mol. The Morgan fingerprint density at radius 2 is 2.42 bits per heavy atom. The molecule has 0 radical (unpaired) electrons. The standard InChI is InChI=1S/C6H6N4OS/c7-3-1-2-12-4(3)5-8-6(11)10-9-5/h1-2H,7H2,(H2,8,9,10,11). The molecule has 0 saturated heterocycles. The summed E-state index contributed by atoms with van der Waals surface area (Å²) in [7, 11) is 0. The number of nitrogen functional groups attached to an aromatic ring is 1. The van der Waals surface area contributed by atoms with E-state index in [1.165, 1.54) is 11.3 Å². The van der Waals surface area contributed by atoms with Gasteiger partial charge in [0.05, 0.1) is 10.6 Å². The van der Waals surface area contributed by atoms with Crippen LogP contribution in [-0.4, -0.2) is 15.2 Å². The van der Waals surface area contributed by atoms with Gasteiger partial charge in [-0.15, -0.1) is 11.3 Å². The minimum atomic E-state index is -0.321. The number of aromatic amines is 2. The molecule has 0 bridgehead atoms. The van der Waals surface area contributed by atoms with Gasteiger partial charge in [-0.05, 0) is 11.4 Å². The van der Waals surface area contributed by atoms with Crippen molar-refractivity contribution in [3.05, 3.63) is 21.9 Å². The molecule has 0 spiro atoms. The van der Waals surface area contributed by atoms with Crippen molar-refractivity contribution in [1.29, 1.82) is 0 Å². The molecule has 0 aromatic carbocycles. The summed E-state index contributed by atoms with van der Waals surface area (Å²) >= 11 is 1.44. The fourth-order valence-corrected chi connectivity index (χ4v) is 1.65. The van der Waals surface area contributed by atoms with E-state index >= 15 is 0 Å². The first-order valence-corrected chi connectivity index (χ1v) is 4.13. The third-order valence-electron chi connectivity index (χ3n) is 1.41. The van der Waals surface area contributed by atoms with Gasteiger partial charge in [0.15, 0.2) is 5.82 Å². The van der Waals surface area contributed by atoms with Crippen LogP contribution in [0, 0.1) is 0 Å². The van der Waals surface area contributed by atoms with Crippen LogP contribution in [0.2, 0.25) is 0 Å². The summed E-state index contributed by atoms with van der Waals surface area (Å²) in [5.41, 5.74) is 5.92. The van der Waals surface area contributed by atoms with E-state index in [2.05, 4.69) is 15.2 Å². The third kappa shape index (κ3) is 1.02. The highest BCUT2D eigenvalue weighted by Crippen LogP contribution is 2.27. The van der Waals surface area contributed by atoms with Crippen LogP contribution in [-0.2, 0) is 0 Å². The van der Waals surface area contributed by atoms with Gasteiger partial charge in [0.25, 0.3) is 0 Å². The fraction of sp³-hybridized carbons (Fsp3) is 0. The minimum absolute atomic E-state index is 0.321. The molecule has 0 aliphatic carbocycles. The van der Waals surface area contributed by atoms with Crippen LogP contribution in [0.3, 0.4) is 0 Å². The van der Waals surface area contributed by atoms with Crippen LogP contribution in [0.1, 0.15) is 0 Å². The molecule has 5 nitrogen and oxygen atoms in total. The SMILES string of the molecule is Nc1ccsc1-c1n[nH]c(=O)[nH]1. The van der Waals surface area contributed by atoms with Crippen LogP contribution in [0.25, 0.3) is 10.7 Å². The van der Waals surface area contributed by atoms with Gasteiger partial charge < -0.3 is 5.73 Å². The summed E-state index contributed by atoms with van der Waals surface area (Å²) in [4.78, 5) is 14.0. The summed E-state index contributed by atoms with van der Waals surface area (Å²) in [5, 5.41) is 7.88. The molecule has 62 valence electrons. The lowest BCUT2D eigenvalue weighted by atomic mass is 10.4. The number of anilines is 1. The first-order chi connectivity index (χ1) is 5.77. The van der Waals surface area contributed by atoms with Crippen molar-refractivity contribution >= 4 is 17.0 Å². The number of nitrogens with two attached hydrogens (primary N) is 1. The summed E-state index contributed by atoms with van der Waals surface area (Å²) in [6.07, 6.45) is 0. The zero-order valence-electron chi connectivity index (χ0n) is 6.00. The Balaban J connectivity index is 2.57. The first kappa shape index (κ1) is 7.11. The molecule has 0 saturated carbocycles. The Hall–Kier alpha value is -1.56. The topological polar surface area (TPSA) is 87.6 Å². The van der Waals surface area contributed by atoms with Gasteiger partial charge in [0.1, 0.15) is 0 Å². The maximum atomic E-state index is 10.7. The molecule has 12 heavy (non-hydrogen) atoms. The minimum Gasteiger partial charge on any atom is -0.397 e. The molecule has 0 atom stereocenters. The van der Waals surface area contributed by atoms with Crippen molar-refractivity contribution in [2.75, 3.05) is 5.73 Å². The zero-order chi connectivity index (χ0) is 8.55. The number of H-pyrrole nitrogens is 2. The molecule has 6 heteroatoms. The maximum Gasteiger partial charge on any atom is 0.340 e. The highest BCUT2D eigenvalue weighted by molar-refractivity contribution is 7.14. The Labute approximate surface area is 71.2 Å². The normalized spacial score (nSPS) is 10.3. The maximum absolute atomic E-state index is 10.7. The molecular formula is C6H6N4OS. The highest BCUT2D eigenvalue weighted by atomic mass is 32.1. The second-order valence-electron chi connectivity index (χ2n) is 2.23. The molecule has 0 unspecified atom stereocenters. The molecule has 0 aliphatic heterocycles. The Morgan fingerprint density at radius 3 is 2.92 bits per heavy atom. The van der Waals surface area contributed by atoms with Crippen molar-refractivity contribution in [2.24, 2.45) is 0 Å². The van der Waals surface area contributed by atoms with Crippen molar-refractivity contribution in [3.8, 4) is 10.7 Å². The number of thiophene rings is 1. The summed E-state index contributed by atoms with van der Waals surface area (Å²) in [6.45, 7) is 0. The summed E-state index contributed by atoms with van der Waals surface area (Å²) < 4.78 is 0. The van der Waals surface area contributed by atoms with Gasteiger partial charge in [0.2, 0.25) is 0 Å². The van der Waals surface area contributed by atoms with Crippen LogP contribution >= 0.6 is 11.3 Å². The summed E-state index contributed by atoms with van der Waals surface area (Å²) in [5.74, 6) is 0.493. The van der Waals surface area contributed by atoms with E-state index in [-0.39, 0.29) is 5.69 Å². The van der Waals surface area contributed by atoms with E-state index in [9.17, 15) is 4.79 Å². The van der Waals surface area contributed by atoms with E-state index in [0.717, 1.165) is 4.88 Å². The van der Waals surface area contributed by atoms with Gasteiger partial charge in [-0.25, -0.2) is 9.89 Å². The second-order valence-corrected chi connectivity index (χ2v) is 3.15. The number of aromatic nitrogens is 3. The molecule has 2 aromatic rings. The quantitative estimate of drug-likeness (QED) is 0.596. The number of rotatable bonds is 1. The predicted octanol–water partition coefficient (Wildman–Crippen LogP) is 0.409. The lowest BCUT2D eigenvalue weighted by molar-refractivity contribution is 1.05. The Kier molecular flexibility index (Phi) is 1.47. The smallest absolute Gasteiger partial charge is 0.340 e. The number of hydrogen-bond acceptors (Lipinski definition) is 4. The molecule has 0 amide bonds. The van der Waals surface area contributed by atoms with Gasteiger partial charge in [-0.1, -0.05) is 0 Å². The van der Waals surface area contributed by atoms with Crippen LogP contribution in [0.4, 0.5) is 5.69 Å². The van der Waals surface area contributed by atoms with Crippen LogP contribution in [0.15, 0.2) is 16.2 Å². The van der Waals surface area contributed by atoms with Gasteiger partial charge >= 0.3 is 5.69 Å². The van der Waals surface area contributed by atoms with Crippen molar-refractivity contribution < 1.29 is 0 Å². The lowest BCUT2D eigenvalue weighted by Gasteiger charge is -1.89. The van der Waals surface area contributed by atoms with Crippen molar-refractivity contribution in [1.82, 2.24) is 15.2 Å². The fourth-order valence-electron chi connectivity index (χ4n) is 0.889. The largest absolute Gasteiger partial charge is 0.397 e. The van der Waals surface area contributed by atoms with Crippen molar-refractivity contribution in [3.63, 3.8) is 0 Å². The number of hydrogen-bond donors (Lipinski definition) is 3. The van der Waals surface area contributed by atoms with Crippen molar-refractivity contribution in [2.45, 2.75) is 0 Å². The molecular weight excluding hydrogens is 176 g/mol. The zero-order valence-corrected chi connectivity index (χ0v) is 6.81. The lowest BCUT2D eigenvalue weighted by Crippen LogP contribution is -2.00. The predicted molar refractivity (Wildman–Crippen MR) is 46.9 cm³/mol. The highest BCUT2D eigenvalue weighted by Gasteiger charge is 2.06. The Morgan fingerprint density at radius 1 is 1.58 bits per heavy atom. The van der Waals surface area contributed by atoms with Gasteiger partial charge in [-0.2, -0.15) is 5.10 Å². The van der Waals surface area contributed by atoms with E-state index in [4.69, 9.17) is 5.73 Å². The molecule has 4 N–H and O–H groups in total. The number of nitrogens with one attached hydrogen (secondary N) is 2. The summed E-state index contributed by atoms with van der Waals surface area (Å²) in [6, 6.07) is 1.77. The molecule has 0 fully saturated rings. The van der Waals surface area contributed by atoms with Crippen LogP contribution < -0.4 is 11.4 Å². The van der Waals surface area contributed by atoms with Gasteiger partial charge in [-0.3, -0.25) is 4.98 Å². The van der Waals surface area contributed by atoms with Crippen LogP contribution in [0.5, 0.6) is 0 Å². The molecule has 2 rings (SSSR count). The number of nitrogens with zero attached hydrogens (tertiary/aromatic N) is 1. The molecule has 0 aliphatic rings.